The first-order chi connectivity index (χ1) is 6.27. The maximum absolute atomic E-state index is 5.68. The molecule has 0 spiro atoms. The van der Waals surface area contributed by atoms with Crippen LogP contribution in [0, 0.1) is 0 Å². The third-order valence-electron chi connectivity index (χ3n) is 1.80. The average molecular weight is 177 g/mol. The molecule has 0 saturated carbocycles. The van der Waals surface area contributed by atoms with E-state index in [2.05, 4.69) is 19.1 Å². The van der Waals surface area contributed by atoms with Gasteiger partial charge in [-0.3, -0.25) is 0 Å². The number of benzene rings is 1. The van der Waals surface area contributed by atoms with Crippen molar-refractivity contribution in [3.05, 3.63) is 29.8 Å². The number of anilines is 1. The van der Waals surface area contributed by atoms with Gasteiger partial charge in [-0.2, -0.15) is 0 Å². The lowest BCUT2D eigenvalue weighted by atomic mass is 10.1. The van der Waals surface area contributed by atoms with E-state index in [1.807, 2.05) is 18.2 Å². The molecule has 2 nitrogen and oxygen atoms in total. The Morgan fingerprint density at radius 1 is 1.46 bits per heavy atom. The summed E-state index contributed by atoms with van der Waals surface area (Å²) in [6, 6.07) is 5.76. The zero-order valence-electron chi connectivity index (χ0n) is 8.08. The number of nitrogens with two attached hydrogens (primary N) is 1. The highest BCUT2D eigenvalue weighted by molar-refractivity contribution is 5.60. The number of ether oxygens (including phenoxy) is 1. The van der Waals surface area contributed by atoms with Gasteiger partial charge < -0.3 is 10.5 Å². The third-order valence-corrected chi connectivity index (χ3v) is 1.80. The van der Waals surface area contributed by atoms with Crippen molar-refractivity contribution >= 4 is 11.8 Å². The van der Waals surface area contributed by atoms with Crippen LogP contribution in [-0.2, 0) is 0 Å². The quantitative estimate of drug-likeness (QED) is 0.720. The first kappa shape index (κ1) is 9.65. The molecule has 0 atom stereocenters. The number of hydrogen-bond donors (Lipinski definition) is 1. The summed E-state index contributed by atoms with van der Waals surface area (Å²) in [6.07, 6.45) is 5.19. The number of nitrogen functional groups attached to an aromatic ring is 1. The molecule has 0 aromatic heterocycles. The third kappa shape index (κ3) is 2.51. The van der Waals surface area contributed by atoms with Crippen LogP contribution in [-0.4, -0.2) is 7.11 Å². The lowest BCUT2D eigenvalue weighted by Gasteiger charge is -2.04. The minimum atomic E-state index is 0.677. The maximum Gasteiger partial charge on any atom is 0.142 e. The minimum absolute atomic E-state index is 0.677. The number of rotatable bonds is 3. The molecule has 0 radical (unpaired) electrons. The fourth-order valence-electron chi connectivity index (χ4n) is 1.09. The largest absolute Gasteiger partial charge is 0.495 e. The summed E-state index contributed by atoms with van der Waals surface area (Å²) in [6.45, 7) is 2.10. The zero-order valence-corrected chi connectivity index (χ0v) is 8.08. The van der Waals surface area contributed by atoms with Crippen molar-refractivity contribution in [3.63, 3.8) is 0 Å². The molecular weight excluding hydrogens is 162 g/mol. The molecule has 0 aliphatic carbocycles. The lowest BCUT2D eigenvalue weighted by Crippen LogP contribution is -1.91. The van der Waals surface area contributed by atoms with Gasteiger partial charge >= 0.3 is 0 Å². The number of hydrogen-bond acceptors (Lipinski definition) is 2. The molecule has 0 aliphatic rings. The summed E-state index contributed by atoms with van der Waals surface area (Å²) in [7, 11) is 1.62. The van der Waals surface area contributed by atoms with Crippen molar-refractivity contribution < 1.29 is 4.74 Å². The van der Waals surface area contributed by atoms with Gasteiger partial charge in [-0.1, -0.05) is 25.1 Å². The Bertz CT molecular complexity index is 305. The smallest absolute Gasteiger partial charge is 0.142 e. The Kier molecular flexibility index (Phi) is 3.38. The zero-order chi connectivity index (χ0) is 9.68. The van der Waals surface area contributed by atoms with E-state index in [0.717, 1.165) is 17.7 Å². The highest BCUT2D eigenvalue weighted by atomic mass is 16.5. The van der Waals surface area contributed by atoms with E-state index < -0.39 is 0 Å². The molecule has 0 fully saturated rings. The minimum Gasteiger partial charge on any atom is -0.495 e. The molecule has 0 saturated heterocycles. The predicted molar refractivity (Wildman–Crippen MR) is 56.7 cm³/mol. The molecule has 0 unspecified atom stereocenters. The summed E-state index contributed by atoms with van der Waals surface area (Å²) in [5.41, 5.74) is 7.47. The lowest BCUT2D eigenvalue weighted by molar-refractivity contribution is 0.417. The second kappa shape index (κ2) is 4.55. The van der Waals surface area contributed by atoms with E-state index in [1.165, 1.54) is 0 Å². The molecule has 2 N–H and O–H groups in total. The number of methoxy groups -OCH3 is 1. The van der Waals surface area contributed by atoms with Crippen LogP contribution in [0.4, 0.5) is 5.69 Å². The van der Waals surface area contributed by atoms with Crippen molar-refractivity contribution in [2.45, 2.75) is 13.3 Å². The molecule has 0 bridgehead atoms. The SMILES string of the molecule is CC/C=C/c1ccc(N)c(OC)c1. The molecule has 1 rings (SSSR count). The van der Waals surface area contributed by atoms with Gasteiger partial charge in [-0.05, 0) is 24.1 Å². The molecule has 70 valence electrons. The highest BCUT2D eigenvalue weighted by Gasteiger charge is 1.97. The summed E-state index contributed by atoms with van der Waals surface area (Å²) in [5.74, 6) is 0.734. The topological polar surface area (TPSA) is 35.2 Å². The van der Waals surface area contributed by atoms with Crippen LogP contribution in [0.3, 0.4) is 0 Å². The second-order valence-electron chi connectivity index (χ2n) is 2.81. The van der Waals surface area contributed by atoms with Crippen molar-refractivity contribution in [2.24, 2.45) is 0 Å². The average Bonchev–Trinajstić information content (AvgIpc) is 2.16. The Morgan fingerprint density at radius 2 is 2.23 bits per heavy atom. The normalized spacial score (nSPS) is 10.6. The van der Waals surface area contributed by atoms with E-state index in [4.69, 9.17) is 10.5 Å². The Labute approximate surface area is 79.0 Å². The van der Waals surface area contributed by atoms with Gasteiger partial charge in [-0.15, -0.1) is 0 Å². The predicted octanol–water partition coefficient (Wildman–Crippen LogP) is 2.70. The van der Waals surface area contributed by atoms with E-state index >= 15 is 0 Å². The van der Waals surface area contributed by atoms with E-state index in [9.17, 15) is 0 Å². The second-order valence-corrected chi connectivity index (χ2v) is 2.81. The van der Waals surface area contributed by atoms with E-state index in [0.29, 0.717) is 5.69 Å². The summed E-state index contributed by atoms with van der Waals surface area (Å²) < 4.78 is 5.11. The first-order valence-electron chi connectivity index (χ1n) is 4.38. The van der Waals surface area contributed by atoms with Crippen molar-refractivity contribution in [1.29, 1.82) is 0 Å². The molecular formula is C11H15NO. The molecule has 1 aromatic rings. The van der Waals surface area contributed by atoms with Gasteiger partial charge in [0.05, 0.1) is 12.8 Å². The summed E-state index contributed by atoms with van der Waals surface area (Å²) in [5, 5.41) is 0. The Balaban J connectivity index is 2.92. The van der Waals surface area contributed by atoms with E-state index in [1.54, 1.807) is 7.11 Å². The molecule has 13 heavy (non-hydrogen) atoms. The highest BCUT2D eigenvalue weighted by Crippen LogP contribution is 2.22. The standard InChI is InChI=1S/C11H15NO/c1-3-4-5-9-6-7-10(12)11(8-9)13-2/h4-8H,3,12H2,1-2H3/b5-4+. The summed E-state index contributed by atoms with van der Waals surface area (Å²) >= 11 is 0. The molecule has 0 heterocycles. The van der Waals surface area contributed by atoms with Gasteiger partial charge in [0.25, 0.3) is 0 Å². The first-order valence-corrected chi connectivity index (χ1v) is 4.38. The fraction of sp³-hybridized carbons (Fsp3) is 0.273. The van der Waals surface area contributed by atoms with Crippen LogP contribution in [0.2, 0.25) is 0 Å². The van der Waals surface area contributed by atoms with Gasteiger partial charge in [0.2, 0.25) is 0 Å². The van der Waals surface area contributed by atoms with Crippen molar-refractivity contribution in [1.82, 2.24) is 0 Å². The Hall–Kier alpha value is -1.44. The van der Waals surface area contributed by atoms with Crippen molar-refractivity contribution in [3.8, 4) is 5.75 Å². The van der Waals surface area contributed by atoms with Gasteiger partial charge in [0.1, 0.15) is 5.75 Å². The summed E-state index contributed by atoms with van der Waals surface area (Å²) in [4.78, 5) is 0. The van der Waals surface area contributed by atoms with Gasteiger partial charge in [0.15, 0.2) is 0 Å². The van der Waals surface area contributed by atoms with Crippen LogP contribution in [0.1, 0.15) is 18.9 Å². The van der Waals surface area contributed by atoms with Gasteiger partial charge in [-0.25, -0.2) is 0 Å². The fourth-order valence-corrected chi connectivity index (χ4v) is 1.09. The Morgan fingerprint density at radius 3 is 2.85 bits per heavy atom. The molecule has 1 aromatic carbocycles. The maximum atomic E-state index is 5.68. The van der Waals surface area contributed by atoms with Crippen LogP contribution >= 0.6 is 0 Å². The van der Waals surface area contributed by atoms with Crippen molar-refractivity contribution in [2.75, 3.05) is 12.8 Å². The van der Waals surface area contributed by atoms with E-state index in [-0.39, 0.29) is 0 Å². The van der Waals surface area contributed by atoms with Crippen LogP contribution in [0.25, 0.3) is 6.08 Å². The van der Waals surface area contributed by atoms with Crippen LogP contribution in [0.15, 0.2) is 24.3 Å². The number of allylic oxidation sites excluding steroid dienone is 1. The molecule has 0 aliphatic heterocycles. The van der Waals surface area contributed by atoms with Crippen LogP contribution in [0.5, 0.6) is 5.75 Å². The molecule has 2 heteroatoms. The van der Waals surface area contributed by atoms with Gasteiger partial charge in [0, 0.05) is 0 Å². The molecule has 0 amide bonds. The van der Waals surface area contributed by atoms with Crippen LogP contribution < -0.4 is 10.5 Å². The monoisotopic (exact) mass is 177 g/mol.